The van der Waals surface area contributed by atoms with Crippen LogP contribution in [0.2, 0.25) is 0 Å². The quantitative estimate of drug-likeness (QED) is 0.380. The summed E-state index contributed by atoms with van der Waals surface area (Å²) in [6.07, 6.45) is 0.594. The van der Waals surface area contributed by atoms with Gasteiger partial charge in [0, 0.05) is 5.41 Å². The smallest absolute Gasteiger partial charge is 0.394 e. The molecule has 0 amide bonds. The Morgan fingerprint density at radius 3 is 1.21 bits per heavy atom. The number of hydrogen-bond donors (Lipinski definition) is 5. The number of rotatable bonds is 4. The van der Waals surface area contributed by atoms with Crippen LogP contribution < -0.4 is 0 Å². The molecule has 0 saturated carbocycles. The summed E-state index contributed by atoms with van der Waals surface area (Å²) in [5.74, 6) is 0. The lowest BCUT2D eigenvalue weighted by Gasteiger charge is -2.24. The van der Waals surface area contributed by atoms with E-state index in [-0.39, 0.29) is 19.8 Å². The van der Waals surface area contributed by atoms with E-state index < -0.39 is 15.8 Å². The van der Waals surface area contributed by atoms with Crippen LogP contribution in [0.15, 0.2) is 0 Å². The molecular weight excluding hydrogens is 216 g/mol. The SMILES string of the molecule is CCC(CO)(CO)CO.O=S(=O)(O)O. The summed E-state index contributed by atoms with van der Waals surface area (Å²) in [6.45, 7) is 1.35. The third-order valence-electron chi connectivity index (χ3n) is 1.76. The number of aliphatic hydroxyl groups is 3. The third-order valence-corrected chi connectivity index (χ3v) is 1.76. The maximum Gasteiger partial charge on any atom is 0.394 e. The monoisotopic (exact) mass is 232 g/mol. The van der Waals surface area contributed by atoms with Gasteiger partial charge in [0.25, 0.3) is 0 Å². The minimum absolute atomic E-state index is 0.156. The fraction of sp³-hybridized carbons (Fsp3) is 1.00. The molecule has 0 aliphatic carbocycles. The Bertz CT molecular complexity index is 193. The first-order valence-corrected chi connectivity index (χ1v) is 5.17. The molecule has 0 aliphatic heterocycles. The van der Waals surface area contributed by atoms with Crippen LogP contribution in [0.25, 0.3) is 0 Å². The molecule has 7 nitrogen and oxygen atoms in total. The van der Waals surface area contributed by atoms with Crippen LogP contribution in [0.4, 0.5) is 0 Å². The van der Waals surface area contributed by atoms with Crippen molar-refractivity contribution in [1.29, 1.82) is 0 Å². The van der Waals surface area contributed by atoms with Gasteiger partial charge in [0.05, 0.1) is 19.8 Å². The van der Waals surface area contributed by atoms with E-state index in [0.717, 1.165) is 0 Å². The summed E-state index contributed by atoms with van der Waals surface area (Å²) in [6, 6.07) is 0. The average molecular weight is 232 g/mol. The van der Waals surface area contributed by atoms with E-state index in [9.17, 15) is 0 Å². The van der Waals surface area contributed by atoms with Gasteiger partial charge in [-0.25, -0.2) is 0 Å². The first-order chi connectivity index (χ1) is 6.24. The summed E-state index contributed by atoms with van der Waals surface area (Å²) in [5.41, 5.74) is -0.667. The van der Waals surface area contributed by atoms with Crippen LogP contribution in [0.3, 0.4) is 0 Å². The first-order valence-electron chi connectivity index (χ1n) is 3.77. The fourth-order valence-electron chi connectivity index (χ4n) is 0.485. The number of hydrogen-bond acceptors (Lipinski definition) is 5. The molecule has 0 bridgehead atoms. The van der Waals surface area contributed by atoms with Crippen molar-refractivity contribution in [2.75, 3.05) is 19.8 Å². The molecule has 8 heteroatoms. The Labute approximate surface area is 82.6 Å². The predicted octanol–water partition coefficient (Wildman–Crippen LogP) is -1.29. The van der Waals surface area contributed by atoms with Gasteiger partial charge in [0.2, 0.25) is 0 Å². The molecule has 0 fully saturated rings. The second-order valence-corrected chi connectivity index (χ2v) is 3.67. The maximum absolute atomic E-state index is 8.74. The average Bonchev–Trinajstić information content (AvgIpc) is 2.07. The molecular formula is C6H16O7S. The van der Waals surface area contributed by atoms with Gasteiger partial charge in [-0.3, -0.25) is 9.11 Å². The zero-order valence-corrected chi connectivity index (χ0v) is 8.61. The molecule has 0 radical (unpaired) electrons. The van der Waals surface area contributed by atoms with Crippen LogP contribution in [0.1, 0.15) is 13.3 Å². The molecule has 0 aromatic rings. The fourth-order valence-corrected chi connectivity index (χ4v) is 0.485. The van der Waals surface area contributed by atoms with Gasteiger partial charge in [-0.05, 0) is 6.42 Å². The Morgan fingerprint density at radius 1 is 1.00 bits per heavy atom. The van der Waals surface area contributed by atoms with Crippen LogP contribution >= 0.6 is 0 Å². The summed E-state index contributed by atoms with van der Waals surface area (Å²) < 4.78 is 31.6. The largest absolute Gasteiger partial charge is 0.396 e. The van der Waals surface area contributed by atoms with Crippen molar-refractivity contribution >= 4 is 10.4 Å². The van der Waals surface area contributed by atoms with Crippen LogP contribution in [-0.4, -0.2) is 52.7 Å². The van der Waals surface area contributed by atoms with E-state index in [2.05, 4.69) is 0 Å². The van der Waals surface area contributed by atoms with Crippen molar-refractivity contribution < 1.29 is 32.8 Å². The van der Waals surface area contributed by atoms with Gasteiger partial charge < -0.3 is 15.3 Å². The molecule has 0 saturated heterocycles. The second-order valence-electron chi connectivity index (χ2n) is 2.78. The molecule has 0 unspecified atom stereocenters. The molecule has 0 spiro atoms. The van der Waals surface area contributed by atoms with E-state index in [1.807, 2.05) is 6.92 Å². The number of aliphatic hydroxyl groups excluding tert-OH is 3. The lowest BCUT2D eigenvalue weighted by atomic mass is 9.88. The van der Waals surface area contributed by atoms with Crippen molar-refractivity contribution in [3.8, 4) is 0 Å². The van der Waals surface area contributed by atoms with Crippen molar-refractivity contribution in [3.63, 3.8) is 0 Å². The van der Waals surface area contributed by atoms with Gasteiger partial charge in [-0.1, -0.05) is 6.92 Å². The van der Waals surface area contributed by atoms with Crippen LogP contribution in [0.5, 0.6) is 0 Å². The van der Waals surface area contributed by atoms with Crippen molar-refractivity contribution in [3.05, 3.63) is 0 Å². The predicted molar refractivity (Wildman–Crippen MR) is 48.2 cm³/mol. The summed E-state index contributed by atoms with van der Waals surface area (Å²) in [5, 5.41) is 26.0. The lowest BCUT2D eigenvalue weighted by molar-refractivity contribution is 0.00304. The zero-order chi connectivity index (χ0) is 11.8. The van der Waals surface area contributed by atoms with Gasteiger partial charge >= 0.3 is 10.4 Å². The van der Waals surface area contributed by atoms with E-state index >= 15 is 0 Å². The molecule has 0 aromatic carbocycles. The second kappa shape index (κ2) is 7.10. The molecule has 88 valence electrons. The summed E-state index contributed by atoms with van der Waals surface area (Å²) >= 11 is 0. The third kappa shape index (κ3) is 9.84. The van der Waals surface area contributed by atoms with E-state index in [1.165, 1.54) is 0 Å². The molecule has 0 atom stereocenters. The highest BCUT2D eigenvalue weighted by atomic mass is 32.3. The topological polar surface area (TPSA) is 135 Å². The summed E-state index contributed by atoms with van der Waals surface area (Å²) in [7, 11) is -4.67. The highest BCUT2D eigenvalue weighted by Gasteiger charge is 2.24. The highest BCUT2D eigenvalue weighted by Crippen LogP contribution is 2.18. The molecule has 0 heterocycles. The normalized spacial score (nSPS) is 11.9. The maximum atomic E-state index is 8.74. The Hall–Kier alpha value is -0.250. The van der Waals surface area contributed by atoms with Crippen LogP contribution in [-0.2, 0) is 10.4 Å². The molecule has 14 heavy (non-hydrogen) atoms. The van der Waals surface area contributed by atoms with Gasteiger partial charge in [0.1, 0.15) is 0 Å². The van der Waals surface area contributed by atoms with E-state index in [0.29, 0.717) is 6.42 Å². The van der Waals surface area contributed by atoms with Gasteiger partial charge in [0.15, 0.2) is 0 Å². The van der Waals surface area contributed by atoms with E-state index in [1.54, 1.807) is 0 Å². The molecule has 5 N–H and O–H groups in total. The van der Waals surface area contributed by atoms with Gasteiger partial charge in [-0.15, -0.1) is 0 Å². The zero-order valence-electron chi connectivity index (χ0n) is 7.79. The van der Waals surface area contributed by atoms with Crippen molar-refractivity contribution in [2.45, 2.75) is 13.3 Å². The Balaban J connectivity index is 0. The van der Waals surface area contributed by atoms with Crippen LogP contribution in [0, 0.1) is 5.41 Å². The van der Waals surface area contributed by atoms with Crippen molar-refractivity contribution in [1.82, 2.24) is 0 Å². The minimum Gasteiger partial charge on any atom is -0.396 e. The minimum atomic E-state index is -4.67. The molecule has 0 aliphatic rings. The highest BCUT2D eigenvalue weighted by molar-refractivity contribution is 7.79. The Morgan fingerprint density at radius 2 is 1.21 bits per heavy atom. The van der Waals surface area contributed by atoms with E-state index in [4.69, 9.17) is 32.8 Å². The first kappa shape index (κ1) is 16.2. The summed E-state index contributed by atoms with van der Waals surface area (Å²) in [4.78, 5) is 0. The lowest BCUT2D eigenvalue weighted by Crippen LogP contribution is -2.32. The molecule has 0 rings (SSSR count). The van der Waals surface area contributed by atoms with Gasteiger partial charge in [-0.2, -0.15) is 8.42 Å². The standard InChI is InChI=1S/C6H14O3.H2O4S/c1-2-6(3-7,4-8)5-9;1-5(2,3)4/h7-9H,2-5H2,1H3;(H2,1,2,3,4). The Kier molecular flexibility index (Phi) is 8.21. The molecule has 0 aromatic heterocycles. The van der Waals surface area contributed by atoms with Crippen molar-refractivity contribution in [2.24, 2.45) is 5.41 Å².